The van der Waals surface area contributed by atoms with E-state index in [4.69, 9.17) is 0 Å². The second-order valence-corrected chi connectivity index (χ2v) is 5.86. The molecular weight excluding hydrogens is 330 g/mol. The van der Waals surface area contributed by atoms with Crippen molar-refractivity contribution in [2.75, 3.05) is 0 Å². The number of rotatable bonds is 5. The van der Waals surface area contributed by atoms with E-state index in [0.29, 0.717) is 12.4 Å². The normalized spacial score (nSPS) is 11.0. The first-order valence-electron chi connectivity index (χ1n) is 8.21. The number of amides is 1. The maximum absolute atomic E-state index is 12.2. The molecule has 8 nitrogen and oxygen atoms in total. The summed E-state index contributed by atoms with van der Waals surface area (Å²) in [6.07, 6.45) is 0. The van der Waals surface area contributed by atoms with Crippen LogP contribution in [0, 0.1) is 0 Å². The Kier molecular flexibility index (Phi) is 4.14. The standard InChI is InChI=1S/C18H17N7O/c1-24-15-10-6-5-9-14(15)20-16(24)11-19-17(26)12-25-22-18(21-23-25)13-7-3-2-4-8-13/h2-10H,11-12H2,1H3,(H,19,26). The number of fused-ring (bicyclic) bond motifs is 1. The number of hydrogen-bond acceptors (Lipinski definition) is 5. The minimum absolute atomic E-state index is 0.00375. The van der Waals surface area contributed by atoms with Gasteiger partial charge in [0.2, 0.25) is 11.7 Å². The van der Waals surface area contributed by atoms with Crippen molar-refractivity contribution in [1.82, 2.24) is 35.1 Å². The van der Waals surface area contributed by atoms with Gasteiger partial charge in [-0.1, -0.05) is 42.5 Å². The van der Waals surface area contributed by atoms with Crippen LogP contribution in [0.3, 0.4) is 0 Å². The van der Waals surface area contributed by atoms with Gasteiger partial charge in [-0.05, 0) is 17.3 Å². The summed E-state index contributed by atoms with van der Waals surface area (Å²) in [6.45, 7) is 0.341. The van der Waals surface area contributed by atoms with Gasteiger partial charge in [0, 0.05) is 12.6 Å². The van der Waals surface area contributed by atoms with Gasteiger partial charge in [-0.15, -0.1) is 10.2 Å². The van der Waals surface area contributed by atoms with Crippen LogP contribution >= 0.6 is 0 Å². The van der Waals surface area contributed by atoms with E-state index in [9.17, 15) is 4.79 Å². The number of nitrogens with zero attached hydrogens (tertiary/aromatic N) is 6. The van der Waals surface area contributed by atoms with Crippen LogP contribution in [-0.2, 0) is 24.9 Å². The van der Waals surface area contributed by atoms with E-state index in [1.807, 2.05) is 66.2 Å². The lowest BCUT2D eigenvalue weighted by atomic mass is 10.2. The van der Waals surface area contributed by atoms with Crippen molar-refractivity contribution >= 4 is 16.9 Å². The van der Waals surface area contributed by atoms with Crippen molar-refractivity contribution in [1.29, 1.82) is 0 Å². The molecule has 0 radical (unpaired) electrons. The molecule has 0 saturated carbocycles. The second kappa shape index (κ2) is 6.75. The largest absolute Gasteiger partial charge is 0.347 e. The second-order valence-electron chi connectivity index (χ2n) is 5.86. The Morgan fingerprint density at radius 1 is 1.08 bits per heavy atom. The summed E-state index contributed by atoms with van der Waals surface area (Å²) in [5.41, 5.74) is 2.80. The third kappa shape index (κ3) is 3.16. The van der Waals surface area contributed by atoms with Gasteiger partial charge in [-0.25, -0.2) is 4.98 Å². The summed E-state index contributed by atoms with van der Waals surface area (Å²) in [7, 11) is 1.93. The van der Waals surface area contributed by atoms with E-state index in [-0.39, 0.29) is 12.5 Å². The van der Waals surface area contributed by atoms with E-state index >= 15 is 0 Å². The number of carbonyl (C=O) groups excluding carboxylic acids is 1. The molecule has 2 aromatic carbocycles. The average Bonchev–Trinajstić information content (AvgIpc) is 3.26. The van der Waals surface area contributed by atoms with Crippen LogP contribution in [0.5, 0.6) is 0 Å². The number of hydrogen-bond donors (Lipinski definition) is 1. The highest BCUT2D eigenvalue weighted by Gasteiger charge is 2.11. The van der Waals surface area contributed by atoms with E-state index < -0.39 is 0 Å². The third-order valence-corrected chi connectivity index (χ3v) is 4.09. The fourth-order valence-electron chi connectivity index (χ4n) is 2.73. The molecule has 0 unspecified atom stereocenters. The Hall–Kier alpha value is -3.55. The summed E-state index contributed by atoms with van der Waals surface area (Å²) >= 11 is 0. The van der Waals surface area contributed by atoms with Crippen LogP contribution in [0.15, 0.2) is 54.6 Å². The van der Waals surface area contributed by atoms with E-state index in [1.165, 1.54) is 4.80 Å². The Morgan fingerprint density at radius 3 is 2.65 bits per heavy atom. The average molecular weight is 347 g/mol. The number of aryl methyl sites for hydroxylation is 1. The molecule has 1 amide bonds. The number of nitrogens with one attached hydrogen (secondary N) is 1. The molecule has 0 bridgehead atoms. The topological polar surface area (TPSA) is 90.5 Å². The van der Waals surface area contributed by atoms with Gasteiger partial charge >= 0.3 is 0 Å². The maximum atomic E-state index is 12.2. The zero-order valence-corrected chi connectivity index (χ0v) is 14.2. The van der Waals surface area contributed by atoms with Gasteiger partial charge in [-0.2, -0.15) is 4.80 Å². The number of para-hydroxylation sites is 2. The Balaban J connectivity index is 1.40. The van der Waals surface area contributed by atoms with E-state index in [1.54, 1.807) is 0 Å². The fraction of sp³-hybridized carbons (Fsp3) is 0.167. The highest BCUT2D eigenvalue weighted by molar-refractivity contribution is 5.77. The van der Waals surface area contributed by atoms with Crippen molar-refractivity contribution in [2.24, 2.45) is 7.05 Å². The molecule has 2 aromatic heterocycles. The molecule has 130 valence electrons. The maximum Gasteiger partial charge on any atom is 0.244 e. The monoisotopic (exact) mass is 347 g/mol. The quantitative estimate of drug-likeness (QED) is 0.591. The molecule has 0 aliphatic carbocycles. The van der Waals surface area contributed by atoms with Crippen LogP contribution in [0.25, 0.3) is 22.4 Å². The Bertz CT molecular complexity index is 1050. The zero-order chi connectivity index (χ0) is 17.9. The number of carbonyl (C=O) groups is 1. The highest BCUT2D eigenvalue weighted by atomic mass is 16.2. The van der Waals surface area contributed by atoms with Gasteiger partial charge in [0.25, 0.3) is 0 Å². The molecule has 0 fully saturated rings. The van der Waals surface area contributed by atoms with Crippen molar-refractivity contribution in [3.8, 4) is 11.4 Å². The smallest absolute Gasteiger partial charge is 0.244 e. The molecule has 1 N–H and O–H groups in total. The number of tetrazole rings is 1. The molecule has 0 atom stereocenters. The SMILES string of the molecule is Cn1c(CNC(=O)Cn2nnc(-c3ccccc3)n2)nc2ccccc21. The number of benzene rings is 2. The van der Waals surface area contributed by atoms with Gasteiger partial charge < -0.3 is 9.88 Å². The van der Waals surface area contributed by atoms with Gasteiger partial charge in [0.1, 0.15) is 12.4 Å². The molecule has 0 saturated heterocycles. The molecule has 26 heavy (non-hydrogen) atoms. The fourth-order valence-corrected chi connectivity index (χ4v) is 2.73. The summed E-state index contributed by atoms with van der Waals surface area (Å²) in [4.78, 5) is 18.0. The van der Waals surface area contributed by atoms with Gasteiger partial charge in [0.05, 0.1) is 17.6 Å². The van der Waals surface area contributed by atoms with Crippen molar-refractivity contribution in [3.05, 3.63) is 60.4 Å². The molecule has 8 heteroatoms. The predicted molar refractivity (Wildman–Crippen MR) is 95.8 cm³/mol. The van der Waals surface area contributed by atoms with Crippen LogP contribution in [0.1, 0.15) is 5.82 Å². The lowest BCUT2D eigenvalue weighted by molar-refractivity contribution is -0.122. The lowest BCUT2D eigenvalue weighted by Gasteiger charge is -2.05. The summed E-state index contributed by atoms with van der Waals surface area (Å²) in [6, 6.07) is 17.4. The summed E-state index contributed by atoms with van der Waals surface area (Å²) < 4.78 is 1.97. The minimum Gasteiger partial charge on any atom is -0.347 e. The lowest BCUT2D eigenvalue weighted by Crippen LogP contribution is -2.29. The van der Waals surface area contributed by atoms with E-state index in [2.05, 4.69) is 25.7 Å². The first-order valence-corrected chi connectivity index (χ1v) is 8.21. The molecule has 2 heterocycles. The number of aromatic nitrogens is 6. The van der Waals surface area contributed by atoms with E-state index in [0.717, 1.165) is 22.4 Å². The van der Waals surface area contributed by atoms with Crippen LogP contribution < -0.4 is 5.32 Å². The molecule has 4 aromatic rings. The first kappa shape index (κ1) is 15.9. The highest BCUT2D eigenvalue weighted by Crippen LogP contribution is 2.14. The van der Waals surface area contributed by atoms with Crippen LogP contribution in [-0.4, -0.2) is 35.7 Å². The third-order valence-electron chi connectivity index (χ3n) is 4.09. The zero-order valence-electron chi connectivity index (χ0n) is 14.2. The first-order chi connectivity index (χ1) is 12.7. The van der Waals surface area contributed by atoms with Gasteiger partial charge in [0.15, 0.2) is 0 Å². The molecular formula is C18H17N7O. The van der Waals surface area contributed by atoms with Crippen molar-refractivity contribution in [3.63, 3.8) is 0 Å². The summed E-state index contributed by atoms with van der Waals surface area (Å²) in [5, 5.41) is 15.0. The van der Waals surface area contributed by atoms with Crippen molar-refractivity contribution in [2.45, 2.75) is 13.1 Å². The molecule has 0 aliphatic heterocycles. The predicted octanol–water partition coefficient (Wildman–Crippen LogP) is 1.54. The van der Waals surface area contributed by atoms with Crippen molar-refractivity contribution < 1.29 is 4.79 Å². The molecule has 0 spiro atoms. The Labute approximate surface area is 149 Å². The number of imidazole rings is 1. The minimum atomic E-state index is -0.200. The van der Waals surface area contributed by atoms with Gasteiger partial charge in [-0.3, -0.25) is 4.79 Å². The van der Waals surface area contributed by atoms with Crippen LogP contribution in [0.2, 0.25) is 0 Å². The summed E-state index contributed by atoms with van der Waals surface area (Å²) in [5.74, 6) is 1.08. The molecule has 4 rings (SSSR count). The Morgan fingerprint density at radius 2 is 1.85 bits per heavy atom. The molecule has 0 aliphatic rings. The van der Waals surface area contributed by atoms with Crippen LogP contribution in [0.4, 0.5) is 0 Å².